The van der Waals surface area contributed by atoms with E-state index in [1.54, 1.807) is 0 Å². The minimum Gasteiger partial charge on any atom is -0.507 e. The second-order valence-corrected chi connectivity index (χ2v) is 11.0. The number of benzene rings is 2. The molecule has 1 atom stereocenters. The molecule has 2 aromatic carbocycles. The summed E-state index contributed by atoms with van der Waals surface area (Å²) in [6.45, 7) is 22.3. The van der Waals surface area contributed by atoms with Gasteiger partial charge >= 0.3 is 0 Å². The molecule has 4 heteroatoms. The third kappa shape index (κ3) is 4.95. The van der Waals surface area contributed by atoms with Gasteiger partial charge in [-0.3, -0.25) is 0 Å². The van der Waals surface area contributed by atoms with Crippen LogP contribution in [0.2, 0.25) is 0 Å². The number of rotatable bonds is 6. The molecule has 174 valence electrons. The number of phenols is 2. The van der Waals surface area contributed by atoms with Crippen molar-refractivity contribution in [2.45, 2.75) is 105 Å². The monoisotopic (exact) mass is 436 g/mol. The van der Waals surface area contributed by atoms with Crippen LogP contribution in [0, 0.1) is 13.8 Å². The second kappa shape index (κ2) is 9.04. The number of hydrogen-bond acceptors (Lipinski definition) is 3. The van der Waals surface area contributed by atoms with Crippen molar-refractivity contribution < 1.29 is 14.9 Å². The number of hydrogen-bond donors (Lipinski definition) is 2. The lowest BCUT2D eigenvalue weighted by Crippen LogP contribution is -2.24. The molecule has 0 saturated carbocycles. The van der Waals surface area contributed by atoms with Gasteiger partial charge in [0.25, 0.3) is 0 Å². The van der Waals surface area contributed by atoms with Crippen LogP contribution in [0.5, 0.6) is 17.2 Å². The third-order valence-corrected chi connectivity index (χ3v) is 6.40. The summed E-state index contributed by atoms with van der Waals surface area (Å²) >= 11 is 0. The maximum atomic E-state index is 11.6. The van der Waals surface area contributed by atoms with E-state index in [-0.39, 0.29) is 23.3 Å². The highest BCUT2D eigenvalue weighted by Crippen LogP contribution is 2.51. The molecule has 3 nitrogen and oxygen atoms in total. The predicted molar refractivity (Wildman–Crippen MR) is 137 cm³/mol. The molecule has 0 bridgehead atoms. The second-order valence-electron chi connectivity index (χ2n) is 11.0. The van der Waals surface area contributed by atoms with Crippen LogP contribution in [0.15, 0.2) is 12.1 Å². The van der Waals surface area contributed by atoms with Gasteiger partial charge in [-0.15, -0.1) is 0 Å². The average Bonchev–Trinajstić information content (AvgIpc) is 2.64. The van der Waals surface area contributed by atoms with Crippen LogP contribution in [-0.4, -0.2) is 23.7 Å². The molecule has 0 saturated heterocycles. The summed E-state index contributed by atoms with van der Waals surface area (Å²) < 4.78 is 6.30. The molecule has 0 amide bonds. The first-order valence-corrected chi connectivity index (χ1v) is 11.7. The maximum absolute atomic E-state index is 11.6. The zero-order valence-corrected chi connectivity index (χ0v) is 21.9. The van der Waals surface area contributed by atoms with Crippen LogP contribution in [0.4, 0.5) is 0 Å². The molecule has 0 aromatic heterocycles. The van der Waals surface area contributed by atoms with Gasteiger partial charge < -0.3 is 14.9 Å². The topological polar surface area (TPSA) is 49.7 Å². The predicted octanol–water partition coefficient (Wildman–Crippen LogP) is 7.60. The van der Waals surface area contributed by atoms with E-state index in [4.69, 9.17) is 12.6 Å². The first-order chi connectivity index (χ1) is 14.5. The quantitative estimate of drug-likeness (QED) is 0.459. The fraction of sp³-hybridized carbons (Fsp3) is 0.571. The van der Waals surface area contributed by atoms with E-state index in [1.165, 1.54) is 0 Å². The van der Waals surface area contributed by atoms with Crippen molar-refractivity contribution in [1.82, 2.24) is 0 Å². The molecule has 2 radical (unpaired) electrons. The molecule has 2 aromatic rings. The molecule has 0 aliphatic carbocycles. The molecule has 32 heavy (non-hydrogen) atoms. The SMILES string of the molecule is [B]C(C)(CC)c1cc(C(C)C)c(C)c(-c2c(C)c(OC(C)(C)C)cc(C(C)C)c2O)c1O. The number of ether oxygens (including phenoxy) is 1. The van der Waals surface area contributed by atoms with Crippen molar-refractivity contribution in [3.63, 3.8) is 0 Å². The number of phenolic OH excluding ortho intramolecular Hbond substituents is 2. The maximum Gasteiger partial charge on any atom is 0.127 e. The van der Waals surface area contributed by atoms with Gasteiger partial charge in [0, 0.05) is 22.3 Å². The van der Waals surface area contributed by atoms with Crippen molar-refractivity contribution >= 4 is 7.85 Å². The van der Waals surface area contributed by atoms with Gasteiger partial charge in [0.2, 0.25) is 0 Å². The standard InChI is InChI=1S/C28H41BO3/c1-12-28(11,29)21-13-19(15(2)3)17(6)23(26(21)31)24-18(7)22(32-27(8,9)10)14-20(16(4)5)25(24)30/h13-16,30-31H,12H2,1-11H3. The van der Waals surface area contributed by atoms with E-state index in [9.17, 15) is 10.2 Å². The van der Waals surface area contributed by atoms with Gasteiger partial charge in [-0.2, -0.15) is 0 Å². The van der Waals surface area contributed by atoms with Crippen LogP contribution in [0.1, 0.15) is 108 Å². The Kier molecular flexibility index (Phi) is 7.39. The molecule has 2 rings (SSSR count). The largest absolute Gasteiger partial charge is 0.507 e. The normalized spacial score (nSPS) is 14.2. The molecule has 0 spiro atoms. The summed E-state index contributed by atoms with van der Waals surface area (Å²) in [6, 6.07) is 3.97. The summed E-state index contributed by atoms with van der Waals surface area (Å²) in [5, 5.41) is 22.3. The van der Waals surface area contributed by atoms with Gasteiger partial charge in [-0.1, -0.05) is 54.0 Å². The lowest BCUT2D eigenvalue weighted by atomic mass is 9.62. The van der Waals surface area contributed by atoms with Gasteiger partial charge in [0.15, 0.2) is 0 Å². The minimum absolute atomic E-state index is 0.0854. The van der Waals surface area contributed by atoms with E-state index < -0.39 is 10.9 Å². The van der Waals surface area contributed by atoms with E-state index in [0.717, 1.165) is 28.0 Å². The zero-order chi connectivity index (χ0) is 24.8. The molecule has 0 fully saturated rings. The van der Waals surface area contributed by atoms with Crippen LogP contribution in [0.3, 0.4) is 0 Å². The Hall–Kier alpha value is -2.10. The van der Waals surface area contributed by atoms with Crippen LogP contribution in [0.25, 0.3) is 11.1 Å². The van der Waals surface area contributed by atoms with Crippen LogP contribution in [-0.2, 0) is 5.31 Å². The number of aromatic hydroxyl groups is 2. The first-order valence-electron chi connectivity index (χ1n) is 11.7. The summed E-state index contributed by atoms with van der Waals surface area (Å²) in [7, 11) is 6.62. The van der Waals surface area contributed by atoms with E-state index in [0.29, 0.717) is 23.1 Å². The highest BCUT2D eigenvalue weighted by Gasteiger charge is 2.30. The minimum atomic E-state index is -0.694. The summed E-state index contributed by atoms with van der Waals surface area (Å²) in [5.74, 6) is 1.37. The zero-order valence-electron chi connectivity index (χ0n) is 21.9. The Bertz CT molecular complexity index is 995. The Morgan fingerprint density at radius 3 is 1.78 bits per heavy atom. The first kappa shape index (κ1) is 26.2. The summed E-state index contributed by atoms with van der Waals surface area (Å²) in [5.41, 5.74) is 5.26. The fourth-order valence-electron chi connectivity index (χ4n) is 4.26. The lowest BCUT2D eigenvalue weighted by Gasteiger charge is -2.31. The molecule has 2 N–H and O–H groups in total. The van der Waals surface area contributed by atoms with Gasteiger partial charge in [0.1, 0.15) is 22.8 Å². The van der Waals surface area contributed by atoms with Crippen LogP contribution >= 0.6 is 0 Å². The van der Waals surface area contributed by atoms with Crippen molar-refractivity contribution in [1.29, 1.82) is 0 Å². The molecule has 0 heterocycles. The molecule has 0 aliphatic rings. The van der Waals surface area contributed by atoms with Crippen molar-refractivity contribution in [3.8, 4) is 28.4 Å². The summed E-state index contributed by atoms with van der Waals surface area (Å²) in [6.07, 6.45) is 0.677. The Balaban J connectivity index is 3.08. The van der Waals surface area contributed by atoms with E-state index in [2.05, 4.69) is 13.8 Å². The Morgan fingerprint density at radius 2 is 1.34 bits per heavy atom. The molecular formula is C28H41BO3. The lowest BCUT2D eigenvalue weighted by molar-refractivity contribution is 0.129. The van der Waals surface area contributed by atoms with Gasteiger partial charge in [0.05, 0.1) is 7.85 Å². The Morgan fingerprint density at radius 1 is 0.844 bits per heavy atom. The highest BCUT2D eigenvalue weighted by molar-refractivity contribution is 6.16. The fourth-order valence-corrected chi connectivity index (χ4v) is 4.26. The Labute approximate surface area is 196 Å². The molecular weight excluding hydrogens is 395 g/mol. The van der Waals surface area contributed by atoms with Gasteiger partial charge in [-0.25, -0.2) is 0 Å². The van der Waals surface area contributed by atoms with Crippen molar-refractivity contribution in [2.75, 3.05) is 0 Å². The van der Waals surface area contributed by atoms with Crippen LogP contribution < -0.4 is 4.74 Å². The van der Waals surface area contributed by atoms with Gasteiger partial charge in [-0.05, 0) is 74.5 Å². The van der Waals surface area contributed by atoms with E-state index in [1.807, 2.05) is 74.4 Å². The highest BCUT2D eigenvalue weighted by atomic mass is 16.5. The van der Waals surface area contributed by atoms with Crippen molar-refractivity contribution in [2.24, 2.45) is 0 Å². The average molecular weight is 436 g/mol. The smallest absolute Gasteiger partial charge is 0.127 e. The third-order valence-electron chi connectivity index (χ3n) is 6.40. The summed E-state index contributed by atoms with van der Waals surface area (Å²) in [4.78, 5) is 0. The van der Waals surface area contributed by atoms with Crippen molar-refractivity contribution in [3.05, 3.63) is 39.9 Å². The molecule has 0 aliphatic heterocycles. The van der Waals surface area contributed by atoms with E-state index >= 15 is 0 Å². The molecule has 1 unspecified atom stereocenters.